The Kier molecular flexibility index (Phi) is 2.47. The summed E-state index contributed by atoms with van der Waals surface area (Å²) in [6.07, 6.45) is 3.07. The van der Waals surface area contributed by atoms with Crippen molar-refractivity contribution in [1.82, 2.24) is 0 Å². The van der Waals surface area contributed by atoms with Gasteiger partial charge in [-0.05, 0) is 56.2 Å². The lowest BCUT2D eigenvalue weighted by molar-refractivity contribution is 0.284. The molecule has 1 aromatic carbocycles. The minimum atomic E-state index is -0.153. The predicted octanol–water partition coefficient (Wildman–Crippen LogP) is 2.23. The molecule has 0 aromatic heterocycles. The molecule has 0 aliphatic heterocycles. The van der Waals surface area contributed by atoms with Crippen molar-refractivity contribution in [1.29, 1.82) is 0 Å². The molecular formula is C13H19NO. The van der Waals surface area contributed by atoms with Crippen LogP contribution >= 0.6 is 0 Å². The lowest BCUT2D eigenvalue weighted by Gasteiger charge is -2.34. The van der Waals surface area contributed by atoms with Crippen LogP contribution in [-0.4, -0.2) is 10.6 Å². The lowest BCUT2D eigenvalue weighted by Crippen LogP contribution is -2.43. The molecule has 1 aliphatic rings. The fourth-order valence-corrected chi connectivity index (χ4v) is 2.40. The Morgan fingerprint density at radius 2 is 2.13 bits per heavy atom. The van der Waals surface area contributed by atoms with Gasteiger partial charge in [0.1, 0.15) is 5.75 Å². The van der Waals surface area contributed by atoms with Gasteiger partial charge in [0.25, 0.3) is 0 Å². The molecule has 0 spiro atoms. The molecule has 2 heteroatoms. The van der Waals surface area contributed by atoms with E-state index in [-0.39, 0.29) is 5.54 Å². The Balaban J connectivity index is 2.30. The highest BCUT2D eigenvalue weighted by Gasteiger charge is 2.30. The molecule has 0 saturated carbocycles. The van der Waals surface area contributed by atoms with Gasteiger partial charge in [-0.25, -0.2) is 0 Å². The van der Waals surface area contributed by atoms with Crippen molar-refractivity contribution in [3.05, 3.63) is 29.3 Å². The lowest BCUT2D eigenvalue weighted by atomic mass is 9.74. The number of rotatable bonds is 1. The van der Waals surface area contributed by atoms with Gasteiger partial charge < -0.3 is 10.8 Å². The smallest absolute Gasteiger partial charge is 0.119 e. The zero-order chi connectivity index (χ0) is 11.1. The molecule has 1 aliphatic carbocycles. The number of nitrogens with two attached hydrogens (primary N) is 1. The van der Waals surface area contributed by atoms with Gasteiger partial charge in [0, 0.05) is 5.54 Å². The highest BCUT2D eigenvalue weighted by atomic mass is 16.3. The van der Waals surface area contributed by atoms with Crippen LogP contribution in [-0.2, 0) is 12.8 Å². The summed E-state index contributed by atoms with van der Waals surface area (Å²) >= 11 is 0. The van der Waals surface area contributed by atoms with Gasteiger partial charge in [-0.2, -0.15) is 0 Å². The number of fused-ring (bicyclic) bond motifs is 1. The van der Waals surface area contributed by atoms with E-state index in [1.807, 2.05) is 6.07 Å². The molecule has 0 radical (unpaired) electrons. The zero-order valence-electron chi connectivity index (χ0n) is 9.46. The molecule has 1 unspecified atom stereocenters. The molecule has 0 amide bonds. The Hall–Kier alpha value is -1.02. The molecule has 15 heavy (non-hydrogen) atoms. The van der Waals surface area contributed by atoms with E-state index in [4.69, 9.17) is 5.73 Å². The van der Waals surface area contributed by atoms with Crippen molar-refractivity contribution in [2.75, 3.05) is 0 Å². The third-order valence-corrected chi connectivity index (χ3v) is 3.51. The zero-order valence-corrected chi connectivity index (χ0v) is 9.46. The molecular weight excluding hydrogens is 186 g/mol. The molecule has 0 bridgehead atoms. The minimum absolute atomic E-state index is 0.153. The van der Waals surface area contributed by atoms with Crippen LogP contribution in [0.4, 0.5) is 0 Å². The molecule has 2 rings (SSSR count). The number of hydrogen-bond acceptors (Lipinski definition) is 2. The predicted molar refractivity (Wildman–Crippen MR) is 61.9 cm³/mol. The average Bonchev–Trinajstić information content (AvgIpc) is 2.16. The molecule has 82 valence electrons. The fourth-order valence-electron chi connectivity index (χ4n) is 2.40. The molecule has 1 aromatic rings. The molecule has 3 N–H and O–H groups in total. The van der Waals surface area contributed by atoms with Gasteiger partial charge in [0.15, 0.2) is 0 Å². The van der Waals surface area contributed by atoms with Gasteiger partial charge in [-0.15, -0.1) is 0 Å². The van der Waals surface area contributed by atoms with Crippen LogP contribution < -0.4 is 5.73 Å². The summed E-state index contributed by atoms with van der Waals surface area (Å²) in [6.45, 7) is 4.14. The highest BCUT2D eigenvalue weighted by Crippen LogP contribution is 2.35. The van der Waals surface area contributed by atoms with E-state index >= 15 is 0 Å². The number of phenols is 1. The normalized spacial score (nSPS) is 21.1. The van der Waals surface area contributed by atoms with Crippen molar-refractivity contribution in [3.63, 3.8) is 0 Å². The summed E-state index contributed by atoms with van der Waals surface area (Å²) in [4.78, 5) is 0. The van der Waals surface area contributed by atoms with Gasteiger partial charge in [0.05, 0.1) is 0 Å². The summed E-state index contributed by atoms with van der Waals surface area (Å²) in [5.74, 6) is 0.903. The van der Waals surface area contributed by atoms with E-state index in [1.54, 1.807) is 6.07 Å². The standard InChI is InChI=1S/C13H19NO/c1-13(2,14)10-7-6-9-4-3-5-12(15)11(9)8-10/h3-5,10,15H,6-8,14H2,1-2H3. The number of aromatic hydroxyl groups is 1. The van der Waals surface area contributed by atoms with Crippen molar-refractivity contribution < 1.29 is 5.11 Å². The van der Waals surface area contributed by atoms with E-state index in [0.717, 1.165) is 24.8 Å². The summed E-state index contributed by atoms with van der Waals surface area (Å²) in [5, 5.41) is 9.80. The second kappa shape index (κ2) is 3.53. The van der Waals surface area contributed by atoms with Crippen LogP contribution in [0.15, 0.2) is 18.2 Å². The quantitative estimate of drug-likeness (QED) is 0.738. The largest absolute Gasteiger partial charge is 0.508 e. The van der Waals surface area contributed by atoms with Gasteiger partial charge in [-0.3, -0.25) is 0 Å². The Labute approximate surface area is 91.1 Å². The highest BCUT2D eigenvalue weighted by molar-refractivity contribution is 5.41. The topological polar surface area (TPSA) is 46.2 Å². The molecule has 0 fully saturated rings. The SMILES string of the molecule is CC(C)(N)C1CCc2cccc(O)c2C1. The van der Waals surface area contributed by atoms with Crippen molar-refractivity contribution in [2.24, 2.45) is 11.7 Å². The van der Waals surface area contributed by atoms with Gasteiger partial charge in [-0.1, -0.05) is 12.1 Å². The number of hydrogen-bond donors (Lipinski definition) is 2. The molecule has 2 nitrogen and oxygen atoms in total. The second-order valence-electron chi connectivity index (χ2n) is 5.18. The number of aryl methyl sites for hydroxylation is 1. The summed E-state index contributed by atoms with van der Waals surface area (Å²) in [5.41, 5.74) is 8.37. The summed E-state index contributed by atoms with van der Waals surface area (Å²) in [7, 11) is 0. The van der Waals surface area contributed by atoms with Crippen LogP contribution in [0.1, 0.15) is 31.4 Å². The maximum absolute atomic E-state index is 9.80. The molecule has 1 atom stereocenters. The van der Waals surface area contributed by atoms with Crippen LogP contribution in [0, 0.1) is 5.92 Å². The first-order valence-electron chi connectivity index (χ1n) is 5.57. The van der Waals surface area contributed by atoms with Crippen LogP contribution in [0.3, 0.4) is 0 Å². The Bertz CT molecular complexity index is 365. The van der Waals surface area contributed by atoms with Crippen molar-refractivity contribution in [2.45, 2.75) is 38.6 Å². The van der Waals surface area contributed by atoms with E-state index in [2.05, 4.69) is 19.9 Å². The van der Waals surface area contributed by atoms with E-state index in [0.29, 0.717) is 11.7 Å². The van der Waals surface area contributed by atoms with Gasteiger partial charge >= 0.3 is 0 Å². The number of phenolic OH excluding ortho intramolecular Hbond substituents is 1. The van der Waals surface area contributed by atoms with Crippen LogP contribution in [0.5, 0.6) is 5.75 Å². The number of benzene rings is 1. The van der Waals surface area contributed by atoms with Crippen LogP contribution in [0.25, 0.3) is 0 Å². The Morgan fingerprint density at radius 3 is 2.80 bits per heavy atom. The third kappa shape index (κ3) is 2.00. The monoisotopic (exact) mass is 205 g/mol. The van der Waals surface area contributed by atoms with Crippen LogP contribution in [0.2, 0.25) is 0 Å². The van der Waals surface area contributed by atoms with Crippen molar-refractivity contribution in [3.8, 4) is 5.75 Å². The first-order chi connectivity index (χ1) is 6.98. The minimum Gasteiger partial charge on any atom is -0.508 e. The Morgan fingerprint density at radius 1 is 1.40 bits per heavy atom. The molecule has 0 saturated heterocycles. The van der Waals surface area contributed by atoms with E-state index in [9.17, 15) is 5.11 Å². The van der Waals surface area contributed by atoms with Crippen molar-refractivity contribution >= 4 is 0 Å². The van der Waals surface area contributed by atoms with E-state index in [1.165, 1.54) is 5.56 Å². The fraction of sp³-hybridized carbons (Fsp3) is 0.538. The summed E-state index contributed by atoms with van der Waals surface area (Å²) < 4.78 is 0. The summed E-state index contributed by atoms with van der Waals surface area (Å²) in [6, 6.07) is 5.79. The maximum atomic E-state index is 9.80. The third-order valence-electron chi connectivity index (χ3n) is 3.51. The average molecular weight is 205 g/mol. The van der Waals surface area contributed by atoms with E-state index < -0.39 is 0 Å². The molecule has 0 heterocycles. The van der Waals surface area contributed by atoms with Gasteiger partial charge in [0.2, 0.25) is 0 Å². The maximum Gasteiger partial charge on any atom is 0.119 e. The first kappa shape index (κ1) is 10.5. The first-order valence-corrected chi connectivity index (χ1v) is 5.57. The second-order valence-corrected chi connectivity index (χ2v) is 5.18.